The normalized spacial score (nSPS) is 20.8. The number of hydrogen-bond donors (Lipinski definition) is 1. The van der Waals surface area contributed by atoms with Gasteiger partial charge in [0.25, 0.3) is 11.8 Å². The molecule has 35 heavy (non-hydrogen) atoms. The summed E-state index contributed by atoms with van der Waals surface area (Å²) in [5.41, 5.74) is 1.25. The number of rotatable bonds is 6. The van der Waals surface area contributed by atoms with Gasteiger partial charge in [0.15, 0.2) is 5.54 Å². The van der Waals surface area contributed by atoms with E-state index >= 15 is 0 Å². The molecule has 0 saturated carbocycles. The SMILES string of the molecule is Cc1cccc(C(=O)N2CCC([C@]3(c4cccnc4)NC(=O)N(CCc4cccs4)C3=O)CC2)c1. The number of urea groups is 1. The minimum absolute atomic E-state index is 0.00179. The smallest absolute Gasteiger partial charge is 0.325 e. The van der Waals surface area contributed by atoms with Crippen LogP contribution in [0.25, 0.3) is 0 Å². The van der Waals surface area contributed by atoms with Gasteiger partial charge < -0.3 is 10.2 Å². The van der Waals surface area contributed by atoms with E-state index < -0.39 is 5.54 Å². The third-order valence-corrected chi connectivity index (χ3v) is 8.01. The van der Waals surface area contributed by atoms with Crippen molar-refractivity contribution in [3.63, 3.8) is 0 Å². The Hall–Kier alpha value is -3.52. The van der Waals surface area contributed by atoms with Crippen LogP contribution in [0.15, 0.2) is 66.3 Å². The summed E-state index contributed by atoms with van der Waals surface area (Å²) in [6.45, 7) is 3.35. The Morgan fingerprint density at radius 3 is 2.66 bits per heavy atom. The van der Waals surface area contributed by atoms with E-state index in [0.29, 0.717) is 50.0 Å². The first-order valence-corrected chi connectivity index (χ1v) is 12.8. The van der Waals surface area contributed by atoms with Gasteiger partial charge >= 0.3 is 6.03 Å². The number of aryl methyl sites for hydroxylation is 1. The van der Waals surface area contributed by atoms with Crippen molar-refractivity contribution in [2.75, 3.05) is 19.6 Å². The predicted molar refractivity (Wildman–Crippen MR) is 134 cm³/mol. The zero-order chi connectivity index (χ0) is 24.4. The Morgan fingerprint density at radius 1 is 1.14 bits per heavy atom. The molecule has 1 aromatic carbocycles. The van der Waals surface area contributed by atoms with E-state index in [1.807, 2.05) is 59.7 Å². The molecule has 1 atom stereocenters. The van der Waals surface area contributed by atoms with Gasteiger partial charge in [-0.1, -0.05) is 29.8 Å². The van der Waals surface area contributed by atoms with Crippen LogP contribution in [0.2, 0.25) is 0 Å². The first-order valence-electron chi connectivity index (χ1n) is 11.9. The van der Waals surface area contributed by atoms with Crippen LogP contribution in [0.5, 0.6) is 0 Å². The lowest BCUT2D eigenvalue weighted by Crippen LogP contribution is -2.54. The fraction of sp³-hybridized carbons (Fsp3) is 0.333. The molecule has 5 rings (SSSR count). The average Bonchev–Trinajstić information content (AvgIpc) is 3.49. The lowest BCUT2D eigenvalue weighted by molar-refractivity contribution is -0.134. The van der Waals surface area contributed by atoms with Crippen molar-refractivity contribution in [3.05, 3.63) is 87.9 Å². The largest absolute Gasteiger partial charge is 0.339 e. The number of piperidine rings is 1. The Bertz CT molecular complexity index is 1220. The Balaban J connectivity index is 1.37. The third kappa shape index (κ3) is 4.34. The van der Waals surface area contributed by atoms with Gasteiger partial charge in [0, 0.05) is 48.0 Å². The highest BCUT2D eigenvalue weighted by atomic mass is 32.1. The van der Waals surface area contributed by atoms with Gasteiger partial charge in [-0.25, -0.2) is 4.79 Å². The number of aromatic nitrogens is 1. The number of amides is 4. The van der Waals surface area contributed by atoms with Gasteiger partial charge in [0.05, 0.1) is 0 Å². The topological polar surface area (TPSA) is 82.6 Å². The van der Waals surface area contributed by atoms with Crippen LogP contribution < -0.4 is 5.32 Å². The predicted octanol–water partition coefficient (Wildman–Crippen LogP) is 3.99. The Morgan fingerprint density at radius 2 is 1.97 bits per heavy atom. The first-order chi connectivity index (χ1) is 17.0. The molecule has 0 bridgehead atoms. The second-order valence-electron chi connectivity index (χ2n) is 9.20. The van der Waals surface area contributed by atoms with Gasteiger partial charge in [-0.15, -0.1) is 11.3 Å². The van der Waals surface area contributed by atoms with Crippen molar-refractivity contribution in [1.82, 2.24) is 20.1 Å². The van der Waals surface area contributed by atoms with Crippen LogP contribution in [-0.2, 0) is 16.8 Å². The Labute approximate surface area is 208 Å². The van der Waals surface area contributed by atoms with Crippen LogP contribution in [0.1, 0.15) is 39.2 Å². The van der Waals surface area contributed by atoms with Crippen molar-refractivity contribution < 1.29 is 14.4 Å². The molecule has 7 nitrogen and oxygen atoms in total. The van der Waals surface area contributed by atoms with Crippen molar-refractivity contribution in [2.45, 2.75) is 31.7 Å². The standard InChI is InChI=1S/C27H28N4O3S/c1-19-5-2-6-20(17-19)24(32)30-13-9-21(10-14-30)27(22-7-3-12-28-18-22)25(33)31(26(34)29-27)15-11-23-8-4-16-35-23/h2-8,12,16-18,21H,9-11,13-15H2,1H3,(H,29,34)/t27-/m1/s1. The maximum Gasteiger partial charge on any atom is 0.325 e. The lowest BCUT2D eigenvalue weighted by atomic mass is 9.73. The second-order valence-corrected chi connectivity index (χ2v) is 10.2. The number of benzene rings is 1. The summed E-state index contributed by atoms with van der Waals surface area (Å²) in [7, 11) is 0. The van der Waals surface area contributed by atoms with Crippen molar-refractivity contribution >= 4 is 29.2 Å². The maximum absolute atomic E-state index is 13.9. The number of carbonyl (C=O) groups is 3. The molecule has 1 N–H and O–H groups in total. The molecule has 0 unspecified atom stereocenters. The lowest BCUT2D eigenvalue weighted by Gasteiger charge is -2.41. The van der Waals surface area contributed by atoms with Crippen molar-refractivity contribution in [3.8, 4) is 0 Å². The van der Waals surface area contributed by atoms with Gasteiger partial charge in [-0.2, -0.15) is 0 Å². The average molecular weight is 489 g/mol. The molecule has 2 aliphatic rings. The summed E-state index contributed by atoms with van der Waals surface area (Å²) in [6, 6.07) is 14.9. The second kappa shape index (κ2) is 9.62. The molecule has 0 radical (unpaired) electrons. The molecule has 0 spiro atoms. The summed E-state index contributed by atoms with van der Waals surface area (Å²) >= 11 is 1.62. The van der Waals surface area contributed by atoms with E-state index in [-0.39, 0.29) is 23.8 Å². The van der Waals surface area contributed by atoms with Crippen LogP contribution in [0.3, 0.4) is 0 Å². The van der Waals surface area contributed by atoms with Gasteiger partial charge in [-0.05, 0) is 61.7 Å². The van der Waals surface area contributed by atoms with E-state index in [1.165, 1.54) is 4.90 Å². The first kappa shape index (κ1) is 23.2. The molecule has 0 aliphatic carbocycles. The van der Waals surface area contributed by atoms with E-state index in [0.717, 1.165) is 10.4 Å². The maximum atomic E-state index is 13.9. The highest BCUT2D eigenvalue weighted by Gasteiger charge is 2.57. The summed E-state index contributed by atoms with van der Waals surface area (Å²) in [5, 5.41) is 5.06. The molecule has 8 heteroatoms. The van der Waals surface area contributed by atoms with Crippen molar-refractivity contribution in [1.29, 1.82) is 0 Å². The molecule has 2 fully saturated rings. The van der Waals surface area contributed by atoms with Crippen LogP contribution >= 0.6 is 11.3 Å². The van der Waals surface area contributed by atoms with Gasteiger partial charge in [0.1, 0.15) is 0 Å². The summed E-state index contributed by atoms with van der Waals surface area (Å²) in [4.78, 5) is 48.6. The minimum atomic E-state index is -1.17. The van der Waals surface area contributed by atoms with E-state index in [9.17, 15) is 14.4 Å². The fourth-order valence-corrected chi connectivity index (χ4v) is 5.95. The minimum Gasteiger partial charge on any atom is -0.339 e. The number of likely N-dealkylation sites (tertiary alicyclic amines) is 1. The molecular weight excluding hydrogens is 460 g/mol. The van der Waals surface area contributed by atoms with E-state index in [1.54, 1.807) is 29.8 Å². The third-order valence-electron chi connectivity index (χ3n) is 7.07. The van der Waals surface area contributed by atoms with E-state index in [4.69, 9.17) is 0 Å². The van der Waals surface area contributed by atoms with Gasteiger partial charge in [-0.3, -0.25) is 19.5 Å². The monoisotopic (exact) mass is 488 g/mol. The van der Waals surface area contributed by atoms with Crippen LogP contribution in [-0.4, -0.2) is 52.3 Å². The number of thiophene rings is 1. The fourth-order valence-electron chi connectivity index (χ4n) is 5.25. The number of carbonyl (C=O) groups excluding carboxylic acids is 3. The Kier molecular flexibility index (Phi) is 6.38. The van der Waals surface area contributed by atoms with Crippen molar-refractivity contribution in [2.24, 2.45) is 5.92 Å². The molecular formula is C27H28N4O3S. The zero-order valence-electron chi connectivity index (χ0n) is 19.6. The van der Waals surface area contributed by atoms with Gasteiger partial charge in [0.2, 0.25) is 0 Å². The summed E-state index contributed by atoms with van der Waals surface area (Å²) in [5.74, 6) is -0.367. The highest BCUT2D eigenvalue weighted by Crippen LogP contribution is 2.41. The molecule has 4 amide bonds. The summed E-state index contributed by atoms with van der Waals surface area (Å²) < 4.78 is 0. The highest BCUT2D eigenvalue weighted by molar-refractivity contribution is 7.09. The van der Waals surface area contributed by atoms with E-state index in [2.05, 4.69) is 10.3 Å². The van der Waals surface area contributed by atoms with Crippen LogP contribution in [0, 0.1) is 12.8 Å². The number of imide groups is 1. The quantitative estimate of drug-likeness (QED) is 0.532. The summed E-state index contributed by atoms with van der Waals surface area (Å²) in [6.07, 6.45) is 5.18. The molecule has 180 valence electrons. The number of nitrogens with one attached hydrogen (secondary N) is 1. The number of nitrogens with zero attached hydrogens (tertiary/aromatic N) is 3. The zero-order valence-corrected chi connectivity index (χ0v) is 20.5. The molecule has 3 aromatic rings. The molecule has 4 heterocycles. The molecule has 2 aromatic heterocycles. The molecule has 2 aliphatic heterocycles. The van der Waals surface area contributed by atoms with Crippen LogP contribution in [0.4, 0.5) is 4.79 Å². The number of pyridine rings is 1. The number of hydrogen-bond acceptors (Lipinski definition) is 5. The molecule has 2 saturated heterocycles.